The number of nitrogens with zero attached hydrogens (tertiary/aromatic N) is 3. The molecule has 1 heterocycles. The Morgan fingerprint density at radius 3 is 2.91 bits per heavy atom. The van der Waals surface area contributed by atoms with Gasteiger partial charge in [-0.3, -0.25) is 4.79 Å². The highest BCUT2D eigenvalue weighted by Gasteiger charge is 2.10. The minimum absolute atomic E-state index is 0.0794. The zero-order valence-electron chi connectivity index (χ0n) is 12.7. The third-order valence-electron chi connectivity index (χ3n) is 3.13. The topological polar surface area (TPSA) is 81.1 Å². The molecule has 2 N–H and O–H groups in total. The molecule has 1 aromatic heterocycles. The monoisotopic (exact) mass is 303 g/mol. The molecule has 2 rings (SSSR count). The molecule has 0 fully saturated rings. The lowest BCUT2D eigenvalue weighted by Gasteiger charge is -2.10. The molecular formula is C15H21N5O2. The number of methoxy groups -OCH3 is 1. The first-order valence-corrected chi connectivity index (χ1v) is 7.19. The summed E-state index contributed by atoms with van der Waals surface area (Å²) in [4.78, 5) is 16.2. The maximum Gasteiger partial charge on any atom is 0.251 e. The van der Waals surface area contributed by atoms with E-state index in [1.807, 2.05) is 24.3 Å². The Hall–Kier alpha value is -2.25. The van der Waals surface area contributed by atoms with Crippen molar-refractivity contribution in [3.63, 3.8) is 0 Å². The van der Waals surface area contributed by atoms with Crippen LogP contribution in [0.15, 0.2) is 36.9 Å². The van der Waals surface area contributed by atoms with Crippen molar-refractivity contribution in [3.05, 3.63) is 48.0 Å². The van der Waals surface area contributed by atoms with E-state index in [1.165, 1.54) is 6.33 Å². The van der Waals surface area contributed by atoms with Crippen molar-refractivity contribution < 1.29 is 9.53 Å². The van der Waals surface area contributed by atoms with E-state index in [0.717, 1.165) is 12.1 Å². The molecule has 0 saturated heterocycles. The van der Waals surface area contributed by atoms with Crippen LogP contribution in [0.3, 0.4) is 0 Å². The molecule has 1 amide bonds. The van der Waals surface area contributed by atoms with Gasteiger partial charge < -0.3 is 15.4 Å². The Kier molecular flexibility index (Phi) is 6.53. The second-order valence-corrected chi connectivity index (χ2v) is 4.75. The summed E-state index contributed by atoms with van der Waals surface area (Å²) in [6, 6.07) is 7.51. The molecule has 7 nitrogen and oxygen atoms in total. The number of nitrogens with one attached hydrogen (secondary N) is 2. The van der Waals surface area contributed by atoms with E-state index < -0.39 is 0 Å². The van der Waals surface area contributed by atoms with Gasteiger partial charge in [-0.25, -0.2) is 9.67 Å². The summed E-state index contributed by atoms with van der Waals surface area (Å²) >= 11 is 0. The summed E-state index contributed by atoms with van der Waals surface area (Å²) in [7, 11) is 1.66. The number of carbonyl (C=O) groups excluding carboxylic acids is 1. The highest BCUT2D eigenvalue weighted by atomic mass is 16.5. The van der Waals surface area contributed by atoms with E-state index in [1.54, 1.807) is 18.1 Å². The lowest BCUT2D eigenvalue weighted by Crippen LogP contribution is -2.33. The van der Waals surface area contributed by atoms with Gasteiger partial charge in [0.25, 0.3) is 5.91 Å². The Balaban J connectivity index is 1.86. The van der Waals surface area contributed by atoms with E-state index in [0.29, 0.717) is 31.8 Å². The number of hydrogen-bond acceptors (Lipinski definition) is 5. The maximum atomic E-state index is 12.3. The molecule has 0 aliphatic heterocycles. The second kappa shape index (κ2) is 8.91. The Bertz CT molecular complexity index is 571. The van der Waals surface area contributed by atoms with Gasteiger partial charge >= 0.3 is 0 Å². The zero-order valence-corrected chi connectivity index (χ0v) is 12.7. The summed E-state index contributed by atoms with van der Waals surface area (Å²) in [5, 5.41) is 10.2. The summed E-state index contributed by atoms with van der Waals surface area (Å²) in [5.41, 5.74) is 1.58. The fourth-order valence-electron chi connectivity index (χ4n) is 2.03. The highest BCUT2D eigenvalue weighted by molar-refractivity contribution is 5.95. The van der Waals surface area contributed by atoms with E-state index in [2.05, 4.69) is 20.7 Å². The SMILES string of the molecule is COCCNCCNC(=O)c1ccccc1Cn1cncn1. The predicted molar refractivity (Wildman–Crippen MR) is 82.6 cm³/mol. The van der Waals surface area contributed by atoms with Crippen LogP contribution < -0.4 is 10.6 Å². The summed E-state index contributed by atoms with van der Waals surface area (Å²) in [6.45, 7) is 3.24. The minimum atomic E-state index is -0.0794. The van der Waals surface area contributed by atoms with Crippen molar-refractivity contribution in [3.8, 4) is 0 Å². The van der Waals surface area contributed by atoms with Gasteiger partial charge in [0.1, 0.15) is 12.7 Å². The van der Waals surface area contributed by atoms with Crippen LogP contribution >= 0.6 is 0 Å². The van der Waals surface area contributed by atoms with E-state index in [4.69, 9.17) is 4.74 Å². The average molecular weight is 303 g/mol. The number of amides is 1. The minimum Gasteiger partial charge on any atom is -0.383 e. The molecule has 0 bridgehead atoms. The highest BCUT2D eigenvalue weighted by Crippen LogP contribution is 2.10. The smallest absolute Gasteiger partial charge is 0.251 e. The van der Waals surface area contributed by atoms with Crippen molar-refractivity contribution in [2.45, 2.75) is 6.54 Å². The van der Waals surface area contributed by atoms with E-state index >= 15 is 0 Å². The summed E-state index contributed by atoms with van der Waals surface area (Å²) in [6.07, 6.45) is 3.11. The molecule has 0 atom stereocenters. The Morgan fingerprint density at radius 2 is 2.14 bits per heavy atom. The zero-order chi connectivity index (χ0) is 15.6. The summed E-state index contributed by atoms with van der Waals surface area (Å²) in [5.74, 6) is -0.0794. The number of rotatable bonds is 9. The van der Waals surface area contributed by atoms with E-state index in [-0.39, 0.29) is 5.91 Å². The van der Waals surface area contributed by atoms with Crippen LogP contribution in [-0.2, 0) is 11.3 Å². The van der Waals surface area contributed by atoms with Crippen molar-refractivity contribution in [1.82, 2.24) is 25.4 Å². The molecule has 0 radical (unpaired) electrons. The van der Waals surface area contributed by atoms with Gasteiger partial charge in [-0.2, -0.15) is 5.10 Å². The predicted octanol–water partition coefficient (Wildman–Crippen LogP) is 0.292. The van der Waals surface area contributed by atoms with Gasteiger partial charge in [-0.15, -0.1) is 0 Å². The van der Waals surface area contributed by atoms with Crippen molar-refractivity contribution >= 4 is 5.91 Å². The second-order valence-electron chi connectivity index (χ2n) is 4.75. The van der Waals surface area contributed by atoms with Crippen LogP contribution in [0.25, 0.3) is 0 Å². The fourth-order valence-corrected chi connectivity index (χ4v) is 2.03. The molecule has 22 heavy (non-hydrogen) atoms. The first-order chi connectivity index (χ1) is 10.8. The van der Waals surface area contributed by atoms with Crippen LogP contribution in [0.2, 0.25) is 0 Å². The largest absolute Gasteiger partial charge is 0.383 e. The number of hydrogen-bond donors (Lipinski definition) is 2. The van der Waals surface area contributed by atoms with Gasteiger partial charge in [0.2, 0.25) is 0 Å². The molecule has 7 heteroatoms. The van der Waals surface area contributed by atoms with Crippen molar-refractivity contribution in [2.75, 3.05) is 33.4 Å². The van der Waals surface area contributed by atoms with Gasteiger partial charge in [0.15, 0.2) is 0 Å². The van der Waals surface area contributed by atoms with Crippen LogP contribution in [0.5, 0.6) is 0 Å². The third kappa shape index (κ3) is 4.94. The van der Waals surface area contributed by atoms with Crippen molar-refractivity contribution in [2.24, 2.45) is 0 Å². The first-order valence-electron chi connectivity index (χ1n) is 7.19. The molecular weight excluding hydrogens is 282 g/mol. The third-order valence-corrected chi connectivity index (χ3v) is 3.13. The number of benzene rings is 1. The Morgan fingerprint density at radius 1 is 1.27 bits per heavy atom. The van der Waals surface area contributed by atoms with Crippen LogP contribution in [0, 0.1) is 0 Å². The van der Waals surface area contributed by atoms with Gasteiger partial charge in [-0.1, -0.05) is 18.2 Å². The molecule has 0 spiro atoms. The molecule has 0 aliphatic rings. The van der Waals surface area contributed by atoms with Crippen LogP contribution in [0.1, 0.15) is 15.9 Å². The van der Waals surface area contributed by atoms with Crippen LogP contribution in [-0.4, -0.2) is 54.0 Å². The van der Waals surface area contributed by atoms with Crippen LogP contribution in [0.4, 0.5) is 0 Å². The quantitative estimate of drug-likeness (QED) is 0.651. The number of carbonyl (C=O) groups is 1. The van der Waals surface area contributed by atoms with Gasteiger partial charge in [0, 0.05) is 32.3 Å². The molecule has 1 aromatic carbocycles. The van der Waals surface area contributed by atoms with E-state index in [9.17, 15) is 4.79 Å². The molecule has 0 saturated carbocycles. The molecule has 0 aliphatic carbocycles. The lowest BCUT2D eigenvalue weighted by molar-refractivity contribution is 0.0952. The number of ether oxygens (including phenoxy) is 1. The Labute approximate surface area is 129 Å². The fraction of sp³-hybridized carbons (Fsp3) is 0.400. The lowest BCUT2D eigenvalue weighted by atomic mass is 10.1. The number of aromatic nitrogens is 3. The molecule has 0 unspecified atom stereocenters. The van der Waals surface area contributed by atoms with Gasteiger partial charge in [0.05, 0.1) is 13.2 Å². The normalized spacial score (nSPS) is 10.6. The maximum absolute atomic E-state index is 12.3. The molecule has 118 valence electrons. The molecule has 2 aromatic rings. The first kappa shape index (κ1) is 16.1. The average Bonchev–Trinajstić information content (AvgIpc) is 3.04. The standard InChI is InChI=1S/C15H21N5O2/c1-22-9-8-16-6-7-18-15(21)14-5-3-2-4-13(14)10-20-12-17-11-19-20/h2-5,11-12,16H,6-10H2,1H3,(H,18,21). The van der Waals surface area contributed by atoms with Gasteiger partial charge in [-0.05, 0) is 11.6 Å². The summed E-state index contributed by atoms with van der Waals surface area (Å²) < 4.78 is 6.63. The van der Waals surface area contributed by atoms with Crippen molar-refractivity contribution in [1.29, 1.82) is 0 Å².